The summed E-state index contributed by atoms with van der Waals surface area (Å²) in [5.74, 6) is 1.36. The van der Waals surface area contributed by atoms with Crippen LogP contribution in [0.3, 0.4) is 0 Å². The van der Waals surface area contributed by atoms with E-state index >= 15 is 0 Å². The Labute approximate surface area is 65.2 Å². The van der Waals surface area contributed by atoms with Gasteiger partial charge >= 0.3 is 5.97 Å². The quantitative estimate of drug-likeness (QED) is 0.382. The van der Waals surface area contributed by atoms with E-state index in [2.05, 4.69) is 6.58 Å². The molecule has 0 spiro atoms. The van der Waals surface area contributed by atoms with Crippen molar-refractivity contribution in [1.29, 1.82) is 0 Å². The molecule has 3 rings (SSSR count). The van der Waals surface area contributed by atoms with Crippen molar-refractivity contribution in [3.8, 4) is 0 Å². The molecule has 58 valence electrons. The van der Waals surface area contributed by atoms with Gasteiger partial charge in [0.15, 0.2) is 0 Å². The molecule has 3 fully saturated rings. The fourth-order valence-electron chi connectivity index (χ4n) is 2.86. The highest BCUT2D eigenvalue weighted by Gasteiger charge is 2.58. The minimum Gasteiger partial charge on any atom is -0.457 e. The normalized spacial score (nSPS) is 52.0. The first-order chi connectivity index (χ1) is 5.27. The smallest absolute Gasteiger partial charge is 0.310 e. The maximum atomic E-state index is 11.2. The Morgan fingerprint density at radius 1 is 1.45 bits per heavy atom. The molecule has 2 bridgehead atoms. The monoisotopic (exact) mass is 150 g/mol. The molecular formula is C9H10O2. The predicted molar refractivity (Wildman–Crippen MR) is 38.7 cm³/mol. The van der Waals surface area contributed by atoms with Crippen molar-refractivity contribution < 1.29 is 9.53 Å². The van der Waals surface area contributed by atoms with E-state index < -0.39 is 0 Å². The predicted octanol–water partition coefficient (Wildman–Crippen LogP) is 1.12. The SMILES string of the molecule is C=C1C2CC3C(=O)OC1C3C2. The first-order valence-electron chi connectivity index (χ1n) is 4.16. The molecule has 4 atom stereocenters. The number of hydrogen-bond donors (Lipinski definition) is 0. The van der Waals surface area contributed by atoms with Crippen LogP contribution in [-0.4, -0.2) is 12.1 Å². The highest BCUT2D eigenvalue weighted by molar-refractivity contribution is 5.77. The van der Waals surface area contributed by atoms with Crippen LogP contribution < -0.4 is 0 Å². The zero-order chi connectivity index (χ0) is 7.59. The van der Waals surface area contributed by atoms with Crippen molar-refractivity contribution in [3.05, 3.63) is 12.2 Å². The maximum Gasteiger partial charge on any atom is 0.310 e. The zero-order valence-electron chi connectivity index (χ0n) is 6.25. The third-order valence-electron chi connectivity index (χ3n) is 3.44. The first kappa shape index (κ1) is 5.81. The van der Waals surface area contributed by atoms with Gasteiger partial charge in [0.1, 0.15) is 6.10 Å². The van der Waals surface area contributed by atoms with Crippen LogP contribution in [0.5, 0.6) is 0 Å². The molecule has 1 aliphatic heterocycles. The van der Waals surface area contributed by atoms with Gasteiger partial charge in [0.05, 0.1) is 5.92 Å². The molecule has 4 unspecified atom stereocenters. The van der Waals surface area contributed by atoms with Crippen LogP contribution in [0.25, 0.3) is 0 Å². The van der Waals surface area contributed by atoms with Crippen LogP contribution in [0.1, 0.15) is 12.8 Å². The van der Waals surface area contributed by atoms with Crippen molar-refractivity contribution in [2.45, 2.75) is 18.9 Å². The van der Waals surface area contributed by atoms with Gasteiger partial charge in [0.25, 0.3) is 0 Å². The number of hydrogen-bond acceptors (Lipinski definition) is 2. The molecule has 11 heavy (non-hydrogen) atoms. The van der Waals surface area contributed by atoms with Gasteiger partial charge in [-0.3, -0.25) is 4.79 Å². The molecule has 0 amide bonds. The van der Waals surface area contributed by atoms with Gasteiger partial charge in [-0.15, -0.1) is 0 Å². The first-order valence-corrected chi connectivity index (χ1v) is 4.16. The number of carbonyl (C=O) groups excluding carboxylic acids is 1. The molecule has 3 aliphatic rings. The van der Waals surface area contributed by atoms with Gasteiger partial charge < -0.3 is 4.74 Å². The summed E-state index contributed by atoms with van der Waals surface area (Å²) in [5, 5.41) is 0. The van der Waals surface area contributed by atoms with E-state index in [0.29, 0.717) is 11.8 Å². The molecule has 0 aromatic heterocycles. The third-order valence-corrected chi connectivity index (χ3v) is 3.44. The average Bonchev–Trinajstić information content (AvgIpc) is 2.53. The minimum atomic E-state index is 0.0288. The number of ether oxygens (including phenoxy) is 1. The number of rotatable bonds is 0. The lowest BCUT2D eigenvalue weighted by molar-refractivity contribution is -0.142. The minimum absolute atomic E-state index is 0.0288. The summed E-state index contributed by atoms with van der Waals surface area (Å²) in [7, 11) is 0. The molecule has 0 N–H and O–H groups in total. The average molecular weight is 150 g/mol. The maximum absolute atomic E-state index is 11.2. The number of fused-ring (bicyclic) bond motifs is 1. The standard InChI is InChI=1S/C9H10O2/c1-4-5-2-6-7(3-5)9(10)11-8(4)6/h5-8H,1-3H2. The van der Waals surface area contributed by atoms with E-state index in [1.807, 2.05) is 0 Å². The van der Waals surface area contributed by atoms with Crippen LogP contribution in [-0.2, 0) is 9.53 Å². The number of carbonyl (C=O) groups is 1. The van der Waals surface area contributed by atoms with Gasteiger partial charge in [0, 0.05) is 5.92 Å². The van der Waals surface area contributed by atoms with Gasteiger partial charge in [-0.1, -0.05) is 6.58 Å². The van der Waals surface area contributed by atoms with Crippen molar-refractivity contribution in [2.75, 3.05) is 0 Å². The van der Waals surface area contributed by atoms with E-state index in [-0.39, 0.29) is 18.0 Å². The highest BCUT2D eigenvalue weighted by atomic mass is 16.6. The van der Waals surface area contributed by atoms with Crippen molar-refractivity contribution in [1.82, 2.24) is 0 Å². The van der Waals surface area contributed by atoms with Crippen molar-refractivity contribution >= 4 is 5.97 Å². The Hall–Kier alpha value is -0.790. The van der Waals surface area contributed by atoms with Gasteiger partial charge in [-0.25, -0.2) is 0 Å². The highest BCUT2D eigenvalue weighted by Crippen LogP contribution is 2.56. The Morgan fingerprint density at radius 3 is 2.91 bits per heavy atom. The topological polar surface area (TPSA) is 26.3 Å². The van der Waals surface area contributed by atoms with Gasteiger partial charge in [-0.2, -0.15) is 0 Å². The van der Waals surface area contributed by atoms with Crippen LogP contribution >= 0.6 is 0 Å². The summed E-state index contributed by atoms with van der Waals surface area (Å²) < 4.78 is 5.21. The second-order valence-electron chi connectivity index (χ2n) is 3.87. The molecule has 2 saturated carbocycles. The fourth-order valence-corrected chi connectivity index (χ4v) is 2.86. The second kappa shape index (κ2) is 1.52. The lowest BCUT2D eigenvalue weighted by atomic mass is 9.87. The van der Waals surface area contributed by atoms with Crippen molar-refractivity contribution in [3.63, 3.8) is 0 Å². The van der Waals surface area contributed by atoms with Gasteiger partial charge in [-0.05, 0) is 24.3 Å². The molecule has 2 nitrogen and oxygen atoms in total. The van der Waals surface area contributed by atoms with Gasteiger partial charge in [0.2, 0.25) is 0 Å². The molecule has 2 aliphatic carbocycles. The summed E-state index contributed by atoms with van der Waals surface area (Å²) in [5.41, 5.74) is 1.18. The molecule has 0 aromatic rings. The summed E-state index contributed by atoms with van der Waals surface area (Å²) in [6.45, 7) is 3.97. The van der Waals surface area contributed by atoms with E-state index in [0.717, 1.165) is 12.8 Å². The van der Waals surface area contributed by atoms with E-state index in [1.54, 1.807) is 0 Å². The van der Waals surface area contributed by atoms with E-state index in [4.69, 9.17) is 4.74 Å². The molecular weight excluding hydrogens is 140 g/mol. The van der Waals surface area contributed by atoms with Crippen molar-refractivity contribution in [2.24, 2.45) is 17.8 Å². The fraction of sp³-hybridized carbons (Fsp3) is 0.667. The largest absolute Gasteiger partial charge is 0.457 e. The lowest BCUT2D eigenvalue weighted by Crippen LogP contribution is -2.17. The third kappa shape index (κ3) is 0.492. The Bertz CT molecular complexity index is 256. The summed E-state index contributed by atoms with van der Waals surface area (Å²) in [4.78, 5) is 11.2. The van der Waals surface area contributed by atoms with E-state index in [9.17, 15) is 4.79 Å². The second-order valence-corrected chi connectivity index (χ2v) is 3.87. The Kier molecular flexibility index (Phi) is 0.803. The summed E-state index contributed by atoms with van der Waals surface area (Å²) in [6.07, 6.45) is 2.27. The molecule has 0 aromatic carbocycles. The van der Waals surface area contributed by atoms with E-state index in [1.165, 1.54) is 5.57 Å². The molecule has 1 heterocycles. The Morgan fingerprint density at radius 2 is 2.27 bits per heavy atom. The van der Waals surface area contributed by atoms with Crippen LogP contribution in [0.2, 0.25) is 0 Å². The molecule has 1 saturated heterocycles. The Balaban J connectivity index is 2.10. The zero-order valence-corrected chi connectivity index (χ0v) is 6.25. The summed E-state index contributed by atoms with van der Waals surface area (Å²) in [6, 6.07) is 0. The van der Waals surface area contributed by atoms with Crippen LogP contribution in [0, 0.1) is 17.8 Å². The van der Waals surface area contributed by atoms with Crippen LogP contribution in [0.4, 0.5) is 0 Å². The summed E-state index contributed by atoms with van der Waals surface area (Å²) >= 11 is 0. The lowest BCUT2D eigenvalue weighted by Gasteiger charge is -2.15. The molecule has 2 heteroatoms. The van der Waals surface area contributed by atoms with Crippen LogP contribution in [0.15, 0.2) is 12.2 Å². The number of esters is 1. The molecule has 0 radical (unpaired) electrons.